The summed E-state index contributed by atoms with van der Waals surface area (Å²) in [6, 6.07) is 6.56. The standard InChI is InChI=1S/C21H27N3O3/c1-2-3-4-5-6-7-12-23-14-19-16-27-15-18(21(19)22-23)13-17-8-10-20(11-9-17)24(25)26/h8-11,13-14H,2-7,12,15-16H2,1H3. The molecular weight excluding hydrogens is 342 g/mol. The first-order valence-electron chi connectivity index (χ1n) is 9.77. The highest BCUT2D eigenvalue weighted by Gasteiger charge is 2.19. The Morgan fingerprint density at radius 1 is 1.15 bits per heavy atom. The van der Waals surface area contributed by atoms with E-state index < -0.39 is 0 Å². The Bertz CT molecular complexity index is 794. The molecule has 1 aliphatic heterocycles. The average molecular weight is 369 g/mol. The van der Waals surface area contributed by atoms with Crippen LogP contribution in [0.1, 0.15) is 62.3 Å². The first-order valence-corrected chi connectivity index (χ1v) is 9.77. The van der Waals surface area contributed by atoms with Crippen LogP contribution < -0.4 is 0 Å². The number of aromatic nitrogens is 2. The summed E-state index contributed by atoms with van der Waals surface area (Å²) in [4.78, 5) is 10.4. The second-order valence-corrected chi connectivity index (χ2v) is 7.04. The zero-order valence-electron chi connectivity index (χ0n) is 15.9. The molecule has 0 unspecified atom stereocenters. The largest absolute Gasteiger partial charge is 0.372 e. The third-order valence-corrected chi connectivity index (χ3v) is 4.84. The average Bonchev–Trinajstić information content (AvgIpc) is 3.09. The fourth-order valence-corrected chi connectivity index (χ4v) is 3.35. The van der Waals surface area contributed by atoms with E-state index in [1.807, 2.05) is 10.8 Å². The van der Waals surface area contributed by atoms with Gasteiger partial charge in [-0.3, -0.25) is 14.8 Å². The molecule has 0 saturated carbocycles. The Kier molecular flexibility index (Phi) is 6.76. The lowest BCUT2D eigenvalue weighted by Gasteiger charge is -2.14. The molecule has 0 spiro atoms. The summed E-state index contributed by atoms with van der Waals surface area (Å²) in [6.45, 7) is 4.27. The predicted molar refractivity (Wildman–Crippen MR) is 106 cm³/mol. The molecule has 0 fully saturated rings. The van der Waals surface area contributed by atoms with Crippen molar-refractivity contribution in [1.82, 2.24) is 9.78 Å². The summed E-state index contributed by atoms with van der Waals surface area (Å²) < 4.78 is 7.73. The fraction of sp³-hybridized carbons (Fsp3) is 0.476. The van der Waals surface area contributed by atoms with Crippen molar-refractivity contribution in [2.45, 2.75) is 58.6 Å². The lowest BCUT2D eigenvalue weighted by atomic mass is 10.0. The van der Waals surface area contributed by atoms with Gasteiger partial charge in [0.25, 0.3) is 5.69 Å². The Morgan fingerprint density at radius 3 is 2.63 bits per heavy atom. The van der Waals surface area contributed by atoms with E-state index in [1.165, 1.54) is 44.2 Å². The lowest BCUT2D eigenvalue weighted by molar-refractivity contribution is -0.384. The molecule has 0 bridgehead atoms. The van der Waals surface area contributed by atoms with Crippen molar-refractivity contribution < 1.29 is 9.66 Å². The molecule has 6 heteroatoms. The summed E-state index contributed by atoms with van der Waals surface area (Å²) in [5, 5.41) is 15.6. The molecular formula is C21H27N3O3. The van der Waals surface area contributed by atoms with Crippen LogP contribution in [0.4, 0.5) is 5.69 Å². The van der Waals surface area contributed by atoms with Gasteiger partial charge in [-0.15, -0.1) is 0 Å². The van der Waals surface area contributed by atoms with Crippen molar-refractivity contribution in [3.8, 4) is 0 Å². The van der Waals surface area contributed by atoms with E-state index in [-0.39, 0.29) is 10.6 Å². The second-order valence-electron chi connectivity index (χ2n) is 7.04. The van der Waals surface area contributed by atoms with Crippen LogP contribution in [0.5, 0.6) is 0 Å². The number of aryl methyl sites for hydroxylation is 1. The van der Waals surface area contributed by atoms with Gasteiger partial charge < -0.3 is 4.74 Å². The van der Waals surface area contributed by atoms with Gasteiger partial charge >= 0.3 is 0 Å². The molecule has 6 nitrogen and oxygen atoms in total. The quantitative estimate of drug-likeness (QED) is 0.345. The van der Waals surface area contributed by atoms with Crippen LogP contribution in [0.15, 0.2) is 30.5 Å². The van der Waals surface area contributed by atoms with Crippen LogP contribution in [0.3, 0.4) is 0 Å². The van der Waals surface area contributed by atoms with Crippen LogP contribution in [0.2, 0.25) is 0 Å². The number of hydrogen-bond acceptors (Lipinski definition) is 4. The molecule has 144 valence electrons. The van der Waals surface area contributed by atoms with E-state index in [9.17, 15) is 10.1 Å². The van der Waals surface area contributed by atoms with E-state index in [1.54, 1.807) is 12.1 Å². The lowest BCUT2D eigenvalue weighted by Crippen LogP contribution is -2.08. The topological polar surface area (TPSA) is 70.2 Å². The predicted octanol–water partition coefficient (Wildman–Crippen LogP) is 5.22. The minimum Gasteiger partial charge on any atom is -0.372 e. The van der Waals surface area contributed by atoms with Gasteiger partial charge in [-0.1, -0.05) is 39.0 Å². The minimum atomic E-state index is -0.386. The van der Waals surface area contributed by atoms with Crippen LogP contribution >= 0.6 is 0 Å². The summed E-state index contributed by atoms with van der Waals surface area (Å²) >= 11 is 0. The zero-order valence-corrected chi connectivity index (χ0v) is 15.9. The Morgan fingerprint density at radius 2 is 1.89 bits per heavy atom. The van der Waals surface area contributed by atoms with Crippen LogP contribution in [0, 0.1) is 10.1 Å². The highest BCUT2D eigenvalue weighted by Crippen LogP contribution is 2.27. The van der Waals surface area contributed by atoms with Crippen LogP contribution in [0.25, 0.3) is 11.6 Å². The van der Waals surface area contributed by atoms with Gasteiger partial charge in [-0.25, -0.2) is 0 Å². The van der Waals surface area contributed by atoms with Gasteiger partial charge in [0.15, 0.2) is 0 Å². The van der Waals surface area contributed by atoms with Crippen LogP contribution in [-0.2, 0) is 17.9 Å². The number of nitro benzene ring substituents is 1. The number of hydrogen-bond donors (Lipinski definition) is 0. The molecule has 1 aromatic carbocycles. The second kappa shape index (κ2) is 9.46. The number of fused-ring (bicyclic) bond motifs is 1. The smallest absolute Gasteiger partial charge is 0.269 e. The van der Waals surface area contributed by atoms with Crippen molar-refractivity contribution >= 4 is 17.3 Å². The summed E-state index contributed by atoms with van der Waals surface area (Å²) in [7, 11) is 0. The molecule has 1 aliphatic rings. The number of non-ortho nitro benzene ring substituents is 1. The maximum atomic E-state index is 10.8. The van der Waals surface area contributed by atoms with Crippen LogP contribution in [-0.4, -0.2) is 21.3 Å². The third-order valence-electron chi connectivity index (χ3n) is 4.84. The summed E-state index contributed by atoms with van der Waals surface area (Å²) in [5.74, 6) is 0. The van der Waals surface area contributed by atoms with Crippen molar-refractivity contribution in [3.63, 3.8) is 0 Å². The van der Waals surface area contributed by atoms with Crippen molar-refractivity contribution in [1.29, 1.82) is 0 Å². The van der Waals surface area contributed by atoms with Gasteiger partial charge in [0.2, 0.25) is 0 Å². The van der Waals surface area contributed by atoms with E-state index in [0.29, 0.717) is 13.2 Å². The first kappa shape index (κ1) is 19.3. The fourth-order valence-electron chi connectivity index (χ4n) is 3.35. The maximum absolute atomic E-state index is 10.8. The number of ether oxygens (including phenoxy) is 1. The van der Waals surface area contributed by atoms with E-state index >= 15 is 0 Å². The van der Waals surface area contributed by atoms with Crippen molar-refractivity contribution in [3.05, 3.63) is 57.4 Å². The molecule has 1 aromatic heterocycles. The van der Waals surface area contributed by atoms with E-state index in [4.69, 9.17) is 9.84 Å². The van der Waals surface area contributed by atoms with Gasteiger partial charge in [0.1, 0.15) is 0 Å². The molecule has 0 atom stereocenters. The number of benzene rings is 1. The van der Waals surface area contributed by atoms with Gasteiger partial charge in [0, 0.05) is 36.0 Å². The van der Waals surface area contributed by atoms with Gasteiger partial charge in [0.05, 0.1) is 23.8 Å². The Hall–Kier alpha value is -2.47. The number of rotatable bonds is 9. The number of nitro groups is 1. The monoisotopic (exact) mass is 369 g/mol. The molecule has 3 rings (SSSR count). The molecule has 0 N–H and O–H groups in total. The van der Waals surface area contributed by atoms with Gasteiger partial charge in [-0.2, -0.15) is 5.10 Å². The number of nitrogens with zero attached hydrogens (tertiary/aromatic N) is 3. The van der Waals surface area contributed by atoms with E-state index in [2.05, 4.69) is 13.1 Å². The molecule has 0 radical (unpaired) electrons. The maximum Gasteiger partial charge on any atom is 0.269 e. The molecule has 0 aliphatic carbocycles. The number of unbranched alkanes of at least 4 members (excludes halogenated alkanes) is 5. The molecule has 2 heterocycles. The molecule has 0 amide bonds. The van der Waals surface area contributed by atoms with Gasteiger partial charge in [-0.05, 0) is 30.2 Å². The SMILES string of the molecule is CCCCCCCCn1cc2c(n1)C(=Cc1ccc([N+](=O)[O-])cc1)COC2. The Balaban J connectivity index is 1.65. The zero-order chi connectivity index (χ0) is 19.1. The molecule has 2 aromatic rings. The minimum absolute atomic E-state index is 0.0981. The van der Waals surface area contributed by atoms with Crippen molar-refractivity contribution in [2.24, 2.45) is 0 Å². The summed E-state index contributed by atoms with van der Waals surface area (Å²) in [5.41, 5.74) is 4.14. The third kappa shape index (κ3) is 5.26. The highest BCUT2D eigenvalue weighted by molar-refractivity contribution is 5.82. The van der Waals surface area contributed by atoms with E-state index in [0.717, 1.165) is 35.4 Å². The first-order chi connectivity index (χ1) is 13.2. The Labute approximate surface area is 160 Å². The normalized spacial score (nSPS) is 15.1. The summed E-state index contributed by atoms with van der Waals surface area (Å²) in [6.07, 6.45) is 11.7. The molecule has 27 heavy (non-hydrogen) atoms. The molecule has 0 saturated heterocycles. The highest BCUT2D eigenvalue weighted by atomic mass is 16.6. The van der Waals surface area contributed by atoms with Crippen molar-refractivity contribution in [2.75, 3.05) is 6.61 Å².